The molecule has 1 aliphatic heterocycles. The third kappa shape index (κ3) is 6.88. The van der Waals surface area contributed by atoms with Gasteiger partial charge in [0, 0.05) is 18.2 Å². The van der Waals surface area contributed by atoms with Crippen LogP contribution in [0.1, 0.15) is 44.1 Å². The lowest BCUT2D eigenvalue weighted by atomic mass is 10.1. The SMILES string of the molecule is COc1ccc(C(N)=CC(=N)NC(=O)CCCN2CCCCCC2)cc1. The lowest BCUT2D eigenvalue weighted by Gasteiger charge is -2.19. The number of amidine groups is 1. The van der Waals surface area contributed by atoms with Crippen LogP contribution in [0.3, 0.4) is 0 Å². The van der Waals surface area contributed by atoms with E-state index in [2.05, 4.69) is 10.2 Å². The van der Waals surface area contributed by atoms with Gasteiger partial charge in [-0.3, -0.25) is 10.2 Å². The number of benzene rings is 1. The highest BCUT2D eigenvalue weighted by molar-refractivity contribution is 6.05. The van der Waals surface area contributed by atoms with Crippen molar-refractivity contribution in [2.45, 2.75) is 38.5 Å². The van der Waals surface area contributed by atoms with Crippen LogP contribution < -0.4 is 15.8 Å². The van der Waals surface area contributed by atoms with Gasteiger partial charge in [0.2, 0.25) is 5.91 Å². The molecule has 0 atom stereocenters. The zero-order valence-electron chi connectivity index (χ0n) is 15.6. The number of nitrogens with zero attached hydrogens (tertiary/aromatic N) is 1. The second kappa shape index (κ2) is 10.6. The Morgan fingerprint density at radius 2 is 1.88 bits per heavy atom. The van der Waals surface area contributed by atoms with E-state index in [4.69, 9.17) is 15.9 Å². The van der Waals surface area contributed by atoms with Crippen LogP contribution in [0.25, 0.3) is 5.70 Å². The Morgan fingerprint density at radius 3 is 2.50 bits per heavy atom. The number of hydrogen-bond donors (Lipinski definition) is 3. The van der Waals surface area contributed by atoms with Crippen LogP contribution in [0, 0.1) is 5.41 Å². The molecular formula is C20H30N4O2. The molecule has 0 spiro atoms. The Morgan fingerprint density at radius 1 is 1.23 bits per heavy atom. The van der Waals surface area contributed by atoms with Crippen LogP contribution in [0.4, 0.5) is 0 Å². The fourth-order valence-electron chi connectivity index (χ4n) is 3.09. The van der Waals surface area contributed by atoms with Gasteiger partial charge < -0.3 is 20.7 Å². The van der Waals surface area contributed by atoms with Crippen molar-refractivity contribution in [2.75, 3.05) is 26.7 Å². The second-order valence-corrected chi connectivity index (χ2v) is 6.65. The average Bonchev–Trinajstić information content (AvgIpc) is 2.90. The second-order valence-electron chi connectivity index (χ2n) is 6.65. The number of carbonyl (C=O) groups is 1. The summed E-state index contributed by atoms with van der Waals surface area (Å²) in [6.45, 7) is 3.22. The lowest BCUT2D eigenvalue weighted by Crippen LogP contribution is -2.31. The molecule has 0 unspecified atom stereocenters. The van der Waals surface area contributed by atoms with Crippen LogP contribution >= 0.6 is 0 Å². The van der Waals surface area contributed by atoms with Crippen molar-refractivity contribution in [3.63, 3.8) is 0 Å². The predicted octanol–water partition coefficient (Wildman–Crippen LogP) is 2.74. The zero-order chi connectivity index (χ0) is 18.8. The number of nitrogens with one attached hydrogen (secondary N) is 2. The van der Waals surface area contributed by atoms with Crippen LogP contribution in [-0.4, -0.2) is 43.4 Å². The fraction of sp³-hybridized carbons (Fsp3) is 0.500. The molecule has 1 saturated heterocycles. The maximum atomic E-state index is 12.0. The Kier molecular flexibility index (Phi) is 8.15. The molecule has 4 N–H and O–H groups in total. The van der Waals surface area contributed by atoms with Crippen molar-refractivity contribution in [1.29, 1.82) is 5.41 Å². The van der Waals surface area contributed by atoms with Crippen molar-refractivity contribution in [1.82, 2.24) is 10.2 Å². The largest absolute Gasteiger partial charge is 0.497 e. The summed E-state index contributed by atoms with van der Waals surface area (Å²) in [7, 11) is 1.60. The Hall–Kier alpha value is -2.34. The molecule has 142 valence electrons. The van der Waals surface area contributed by atoms with E-state index in [9.17, 15) is 4.79 Å². The molecular weight excluding hydrogens is 328 g/mol. The summed E-state index contributed by atoms with van der Waals surface area (Å²) in [5, 5.41) is 10.5. The molecule has 0 aliphatic carbocycles. The Balaban J connectivity index is 1.74. The minimum Gasteiger partial charge on any atom is -0.497 e. The highest BCUT2D eigenvalue weighted by Crippen LogP contribution is 2.15. The van der Waals surface area contributed by atoms with E-state index >= 15 is 0 Å². The Labute approximate surface area is 155 Å². The molecule has 1 amide bonds. The highest BCUT2D eigenvalue weighted by atomic mass is 16.5. The van der Waals surface area contributed by atoms with Crippen molar-refractivity contribution in [3.8, 4) is 5.75 Å². The van der Waals surface area contributed by atoms with Gasteiger partial charge in [0.1, 0.15) is 11.6 Å². The van der Waals surface area contributed by atoms with Crippen molar-refractivity contribution in [2.24, 2.45) is 5.73 Å². The number of likely N-dealkylation sites (tertiary alicyclic amines) is 1. The number of rotatable bonds is 7. The fourth-order valence-corrected chi connectivity index (χ4v) is 3.09. The standard InChI is InChI=1S/C20H30N4O2/c1-26-17-10-8-16(9-11-17)18(21)15-19(22)23-20(25)7-6-14-24-12-4-2-3-5-13-24/h8-11,15H,2-7,12-14,21H2,1H3,(H2,22,23,25). The van der Waals surface area contributed by atoms with Crippen LogP contribution in [-0.2, 0) is 4.79 Å². The topological polar surface area (TPSA) is 91.4 Å². The molecule has 26 heavy (non-hydrogen) atoms. The minimum atomic E-state index is -0.136. The summed E-state index contributed by atoms with van der Waals surface area (Å²) in [6.07, 6.45) is 7.85. The first-order valence-electron chi connectivity index (χ1n) is 9.31. The highest BCUT2D eigenvalue weighted by Gasteiger charge is 2.10. The first kappa shape index (κ1) is 20.0. The van der Waals surface area contributed by atoms with Crippen LogP contribution in [0.2, 0.25) is 0 Å². The molecule has 0 bridgehead atoms. The monoisotopic (exact) mass is 358 g/mol. The molecule has 1 aromatic rings. The molecule has 1 aromatic carbocycles. The number of methoxy groups -OCH3 is 1. The summed E-state index contributed by atoms with van der Waals surface area (Å²) in [5.74, 6) is 0.621. The summed E-state index contributed by atoms with van der Waals surface area (Å²) >= 11 is 0. The van der Waals surface area contributed by atoms with Crippen molar-refractivity contribution in [3.05, 3.63) is 35.9 Å². The van der Waals surface area contributed by atoms with Gasteiger partial charge in [0.05, 0.1) is 7.11 Å². The van der Waals surface area contributed by atoms with Crippen LogP contribution in [0.15, 0.2) is 30.3 Å². The quantitative estimate of drug-likeness (QED) is 0.516. The number of hydrogen-bond acceptors (Lipinski definition) is 5. The third-order valence-electron chi connectivity index (χ3n) is 4.57. The number of ether oxygens (including phenoxy) is 1. The van der Waals surface area contributed by atoms with Gasteiger partial charge >= 0.3 is 0 Å². The smallest absolute Gasteiger partial charge is 0.225 e. The zero-order valence-corrected chi connectivity index (χ0v) is 15.6. The molecule has 0 radical (unpaired) electrons. The van der Waals surface area contributed by atoms with E-state index in [1.807, 2.05) is 12.1 Å². The number of amides is 1. The third-order valence-corrected chi connectivity index (χ3v) is 4.57. The van der Waals surface area contributed by atoms with Gasteiger partial charge in [-0.2, -0.15) is 0 Å². The summed E-state index contributed by atoms with van der Waals surface area (Å²) in [4.78, 5) is 14.4. The van der Waals surface area contributed by atoms with E-state index in [0.717, 1.165) is 37.4 Å². The number of carbonyl (C=O) groups excluding carboxylic acids is 1. The van der Waals surface area contributed by atoms with Gasteiger partial charge in [-0.15, -0.1) is 0 Å². The van der Waals surface area contributed by atoms with Crippen molar-refractivity contribution >= 4 is 17.4 Å². The molecule has 1 heterocycles. The molecule has 1 aliphatic rings. The molecule has 0 aromatic heterocycles. The van der Waals surface area contributed by atoms with E-state index in [-0.39, 0.29) is 11.7 Å². The summed E-state index contributed by atoms with van der Waals surface area (Å²) < 4.78 is 5.11. The van der Waals surface area contributed by atoms with Gasteiger partial charge in [-0.05, 0) is 68.7 Å². The molecule has 0 saturated carbocycles. The molecule has 1 fully saturated rings. The normalized spacial score (nSPS) is 16.0. The first-order chi connectivity index (χ1) is 12.6. The average molecular weight is 358 g/mol. The van der Waals surface area contributed by atoms with E-state index in [0.29, 0.717) is 12.1 Å². The predicted molar refractivity (Wildman–Crippen MR) is 105 cm³/mol. The van der Waals surface area contributed by atoms with Gasteiger partial charge in [0.15, 0.2) is 0 Å². The Bertz CT molecular complexity index is 617. The molecule has 6 heteroatoms. The first-order valence-corrected chi connectivity index (χ1v) is 9.31. The lowest BCUT2D eigenvalue weighted by molar-refractivity contribution is -0.119. The summed E-state index contributed by atoms with van der Waals surface area (Å²) in [5.41, 5.74) is 7.21. The number of nitrogens with two attached hydrogens (primary N) is 1. The minimum absolute atomic E-state index is 0.0121. The molecule has 6 nitrogen and oxygen atoms in total. The molecule has 2 rings (SSSR count). The van der Waals surface area contributed by atoms with E-state index in [1.165, 1.54) is 31.8 Å². The summed E-state index contributed by atoms with van der Waals surface area (Å²) in [6, 6.07) is 7.25. The van der Waals surface area contributed by atoms with Crippen molar-refractivity contribution < 1.29 is 9.53 Å². The van der Waals surface area contributed by atoms with E-state index < -0.39 is 0 Å². The maximum absolute atomic E-state index is 12.0. The van der Waals surface area contributed by atoms with Gasteiger partial charge in [-0.25, -0.2) is 0 Å². The van der Waals surface area contributed by atoms with Gasteiger partial charge in [0.25, 0.3) is 0 Å². The maximum Gasteiger partial charge on any atom is 0.225 e. The van der Waals surface area contributed by atoms with Gasteiger partial charge in [-0.1, -0.05) is 12.8 Å². The van der Waals surface area contributed by atoms with E-state index in [1.54, 1.807) is 19.2 Å². The van der Waals surface area contributed by atoms with Crippen LogP contribution in [0.5, 0.6) is 5.75 Å².